The van der Waals surface area contributed by atoms with E-state index in [2.05, 4.69) is 5.53 Å². The first-order valence-corrected chi connectivity index (χ1v) is 5.10. The number of alkyl halides is 3. The molecule has 0 aromatic heterocycles. The quantitative estimate of drug-likeness (QED) is 0.837. The van der Waals surface area contributed by atoms with Crippen LogP contribution in [-0.2, 0) is 4.79 Å². The Balaban J connectivity index is 2.37. The Kier molecular flexibility index (Phi) is 3.00. The maximum Gasteiger partial charge on any atom is 0.434 e. The number of rotatable bonds is 1. The lowest BCUT2D eigenvalue weighted by atomic mass is 10.3. The van der Waals surface area contributed by atoms with Crippen LogP contribution in [0.5, 0.6) is 0 Å². The minimum atomic E-state index is -4.55. The molecule has 2 rings (SSSR count). The second-order valence-corrected chi connectivity index (χ2v) is 3.67. The van der Waals surface area contributed by atoms with Gasteiger partial charge in [0.1, 0.15) is 0 Å². The molecule has 96 valence electrons. The molecule has 1 aliphatic rings. The van der Waals surface area contributed by atoms with Crippen molar-refractivity contribution >= 4 is 11.6 Å². The number of nitrogens with one attached hydrogen (secondary N) is 1. The monoisotopic (exact) mass is 257 g/mol. The summed E-state index contributed by atoms with van der Waals surface area (Å²) in [6.07, 6.45) is -3.82. The maximum absolute atomic E-state index is 12.8. The summed E-state index contributed by atoms with van der Waals surface area (Å²) in [7, 11) is 0. The number of benzene rings is 1. The van der Waals surface area contributed by atoms with Crippen molar-refractivity contribution in [2.75, 3.05) is 5.01 Å². The van der Waals surface area contributed by atoms with Gasteiger partial charge in [0.15, 0.2) is 5.70 Å². The molecule has 18 heavy (non-hydrogen) atoms. The standard InChI is InChI=1S/C11H10F3N3O/c1-8(18)16-7-10(11(12,13)14)17(15-16)9-5-3-2-4-6-9/h2-7,15H,1H3. The molecular formula is C11H10F3N3O. The van der Waals surface area contributed by atoms with Crippen LogP contribution >= 0.6 is 0 Å². The van der Waals surface area contributed by atoms with Crippen LogP contribution in [0.15, 0.2) is 42.2 Å². The first-order valence-electron chi connectivity index (χ1n) is 5.10. The molecule has 0 bridgehead atoms. The van der Waals surface area contributed by atoms with Crippen LogP contribution in [0.4, 0.5) is 18.9 Å². The third-order valence-corrected chi connectivity index (χ3v) is 2.34. The van der Waals surface area contributed by atoms with E-state index < -0.39 is 17.8 Å². The van der Waals surface area contributed by atoms with Gasteiger partial charge < -0.3 is 0 Å². The number of hydrogen-bond donors (Lipinski definition) is 1. The summed E-state index contributed by atoms with van der Waals surface area (Å²) in [6.45, 7) is 1.17. The van der Waals surface area contributed by atoms with E-state index in [1.807, 2.05) is 0 Å². The molecule has 1 aromatic rings. The molecule has 0 aliphatic carbocycles. The lowest BCUT2D eigenvalue weighted by molar-refractivity contribution is -0.128. The highest BCUT2D eigenvalue weighted by Crippen LogP contribution is 2.33. The predicted octanol–water partition coefficient (Wildman–Crippen LogP) is 2.18. The minimum absolute atomic E-state index is 0.296. The van der Waals surface area contributed by atoms with Gasteiger partial charge in [0.2, 0.25) is 5.91 Å². The molecule has 0 radical (unpaired) electrons. The lowest BCUT2D eigenvalue weighted by Crippen LogP contribution is -2.44. The van der Waals surface area contributed by atoms with E-state index in [1.54, 1.807) is 18.2 Å². The lowest BCUT2D eigenvalue weighted by Gasteiger charge is -2.24. The summed E-state index contributed by atoms with van der Waals surface area (Å²) in [5.41, 5.74) is 1.72. The molecule has 1 N–H and O–H groups in total. The van der Waals surface area contributed by atoms with E-state index >= 15 is 0 Å². The Hall–Kier alpha value is -2.02. The number of nitrogens with zero attached hydrogens (tertiary/aromatic N) is 2. The van der Waals surface area contributed by atoms with Gasteiger partial charge >= 0.3 is 6.18 Å². The molecule has 0 saturated carbocycles. The zero-order valence-electron chi connectivity index (χ0n) is 9.40. The second-order valence-electron chi connectivity index (χ2n) is 3.67. The average molecular weight is 257 g/mol. The highest BCUT2D eigenvalue weighted by molar-refractivity contribution is 5.75. The molecule has 0 atom stereocenters. The van der Waals surface area contributed by atoms with Gasteiger partial charge in [-0.05, 0) is 12.1 Å². The number of carbonyl (C=O) groups is 1. The molecule has 0 spiro atoms. The average Bonchev–Trinajstić information content (AvgIpc) is 2.74. The van der Waals surface area contributed by atoms with Crippen molar-refractivity contribution in [1.82, 2.24) is 10.5 Å². The summed E-state index contributed by atoms with van der Waals surface area (Å²) in [5, 5.41) is 1.61. The third-order valence-electron chi connectivity index (χ3n) is 2.34. The SMILES string of the molecule is CC(=O)N1C=C(C(F)(F)F)N(c2ccccc2)N1. The zero-order valence-corrected chi connectivity index (χ0v) is 9.40. The first-order chi connectivity index (χ1) is 8.39. The Morgan fingerprint density at radius 1 is 1.22 bits per heavy atom. The summed E-state index contributed by atoms with van der Waals surface area (Å²) in [4.78, 5) is 11.1. The Labute approximate surface area is 101 Å². The number of anilines is 1. The van der Waals surface area contributed by atoms with E-state index in [9.17, 15) is 18.0 Å². The van der Waals surface area contributed by atoms with Crippen LogP contribution in [0.25, 0.3) is 0 Å². The number of carbonyl (C=O) groups excluding carboxylic acids is 1. The number of halogens is 3. The van der Waals surface area contributed by atoms with Crippen LogP contribution < -0.4 is 10.5 Å². The van der Waals surface area contributed by atoms with Gasteiger partial charge in [-0.3, -0.25) is 9.80 Å². The predicted molar refractivity (Wildman–Crippen MR) is 58.7 cm³/mol. The number of para-hydroxylation sites is 1. The van der Waals surface area contributed by atoms with Crippen molar-refractivity contribution in [2.45, 2.75) is 13.1 Å². The molecule has 1 heterocycles. The molecule has 1 aliphatic heterocycles. The molecule has 7 heteroatoms. The van der Waals surface area contributed by atoms with Crippen molar-refractivity contribution < 1.29 is 18.0 Å². The summed E-state index contributed by atoms with van der Waals surface area (Å²) in [6, 6.07) is 7.94. The van der Waals surface area contributed by atoms with Crippen molar-refractivity contribution in [3.8, 4) is 0 Å². The topological polar surface area (TPSA) is 35.6 Å². The zero-order chi connectivity index (χ0) is 13.3. The van der Waals surface area contributed by atoms with E-state index in [0.717, 1.165) is 16.2 Å². The van der Waals surface area contributed by atoms with E-state index in [4.69, 9.17) is 0 Å². The largest absolute Gasteiger partial charge is 0.434 e. The van der Waals surface area contributed by atoms with E-state index in [0.29, 0.717) is 5.69 Å². The second kappa shape index (κ2) is 4.34. The molecule has 0 saturated heterocycles. The fourth-order valence-electron chi connectivity index (χ4n) is 1.51. The van der Waals surface area contributed by atoms with Crippen LogP contribution in [0.1, 0.15) is 6.92 Å². The number of hydrogen-bond acceptors (Lipinski definition) is 3. The van der Waals surface area contributed by atoms with E-state index in [-0.39, 0.29) is 0 Å². The highest BCUT2D eigenvalue weighted by atomic mass is 19.4. The number of hydrazine groups is 2. The van der Waals surface area contributed by atoms with Crippen molar-refractivity contribution in [1.29, 1.82) is 0 Å². The molecule has 1 aromatic carbocycles. The van der Waals surface area contributed by atoms with Gasteiger partial charge in [-0.25, -0.2) is 5.01 Å². The maximum atomic E-state index is 12.8. The Morgan fingerprint density at radius 3 is 2.33 bits per heavy atom. The van der Waals surface area contributed by atoms with Crippen molar-refractivity contribution in [3.63, 3.8) is 0 Å². The fourth-order valence-corrected chi connectivity index (χ4v) is 1.51. The Bertz CT molecular complexity index is 484. The van der Waals surface area contributed by atoms with Crippen molar-refractivity contribution in [3.05, 3.63) is 42.2 Å². The molecule has 1 amide bonds. The van der Waals surface area contributed by atoms with Gasteiger partial charge in [0, 0.05) is 6.92 Å². The van der Waals surface area contributed by atoms with Crippen LogP contribution in [0, 0.1) is 0 Å². The third kappa shape index (κ3) is 2.30. The van der Waals surface area contributed by atoms with E-state index in [1.165, 1.54) is 19.1 Å². The summed E-state index contributed by atoms with van der Waals surface area (Å²) < 4.78 is 38.5. The summed E-state index contributed by atoms with van der Waals surface area (Å²) in [5.74, 6) is -0.532. The smallest absolute Gasteiger partial charge is 0.273 e. The molecular weight excluding hydrogens is 247 g/mol. The molecule has 0 unspecified atom stereocenters. The van der Waals surface area contributed by atoms with Crippen LogP contribution in [0.2, 0.25) is 0 Å². The van der Waals surface area contributed by atoms with Gasteiger partial charge in [-0.1, -0.05) is 18.2 Å². The molecule has 4 nitrogen and oxygen atoms in total. The first kappa shape index (κ1) is 12.4. The van der Waals surface area contributed by atoms with Gasteiger partial charge in [0.05, 0.1) is 11.9 Å². The highest BCUT2D eigenvalue weighted by Gasteiger charge is 2.43. The minimum Gasteiger partial charge on any atom is -0.273 e. The number of allylic oxidation sites excluding steroid dienone is 1. The Morgan fingerprint density at radius 2 is 1.83 bits per heavy atom. The van der Waals surface area contributed by atoms with Gasteiger partial charge in [-0.2, -0.15) is 13.2 Å². The molecule has 0 fully saturated rings. The normalized spacial score (nSPS) is 15.9. The van der Waals surface area contributed by atoms with Crippen molar-refractivity contribution in [2.24, 2.45) is 0 Å². The van der Waals surface area contributed by atoms with Crippen LogP contribution in [0.3, 0.4) is 0 Å². The van der Waals surface area contributed by atoms with Gasteiger partial charge in [-0.15, -0.1) is 5.53 Å². The fraction of sp³-hybridized carbons (Fsp3) is 0.182. The summed E-state index contributed by atoms with van der Waals surface area (Å²) >= 11 is 0. The van der Waals surface area contributed by atoms with Gasteiger partial charge in [0.25, 0.3) is 0 Å². The number of amides is 1. The van der Waals surface area contributed by atoms with Crippen LogP contribution in [-0.4, -0.2) is 17.1 Å².